The van der Waals surface area contributed by atoms with E-state index in [0.29, 0.717) is 25.7 Å². The molecule has 0 heterocycles. The van der Waals surface area contributed by atoms with Crippen molar-refractivity contribution >= 4 is 81.9 Å². The van der Waals surface area contributed by atoms with E-state index in [4.69, 9.17) is 18.9 Å². The minimum atomic E-state index is -4.81. The number of carbonyl (C=O) groups excluding carboxylic acids is 4. The zero-order valence-corrected chi connectivity index (χ0v) is 73.4. The predicted molar refractivity (Wildman–Crippen MR) is 452 cm³/mol. The second-order valence-electron chi connectivity index (χ2n) is 30.1. The number of esters is 4. The number of unbranched alkanes of at least 4 members (excludes halogenated alkanes) is 56. The molecule has 0 radical (unpaired) electrons. The molecule has 17 heteroatoms. The molecule has 109 heavy (non-hydrogen) atoms. The van der Waals surface area contributed by atoms with Crippen LogP contribution in [0.15, 0.2) is 94.8 Å². The summed E-state index contributed by atoms with van der Waals surface area (Å²) < 4.78 is 91.6. The summed E-state index contributed by atoms with van der Waals surface area (Å²) in [6.07, 6.45) is 90.5. The van der Waals surface area contributed by atoms with Crippen molar-refractivity contribution in [3.05, 3.63) is 107 Å². The first-order valence-electron chi connectivity index (χ1n) is 43.9. The fourth-order valence-corrected chi connectivity index (χ4v) is 14.6. The monoisotopic (exact) mass is 1590 g/mol. The zero-order chi connectivity index (χ0) is 78.8. The predicted octanol–water partition coefficient (Wildman–Crippen LogP) is 27.1. The maximum absolute atomic E-state index is 12.9. The Labute approximate surface area is 696 Å². The molecule has 620 valence electrons. The van der Waals surface area contributed by atoms with Gasteiger partial charge in [0.05, 0.1) is 58.5 Å². The van der Waals surface area contributed by atoms with E-state index in [2.05, 4.69) is 76.3 Å². The van der Waals surface area contributed by atoms with E-state index >= 15 is 0 Å². The molecule has 0 unspecified atom stereocenters. The smallest absolute Gasteiger partial charge is 0.744 e. The van der Waals surface area contributed by atoms with Crippen LogP contribution in [0.3, 0.4) is 0 Å². The van der Waals surface area contributed by atoms with Crippen molar-refractivity contribution in [2.75, 3.05) is 26.4 Å². The van der Waals surface area contributed by atoms with Gasteiger partial charge in [-0.1, -0.05) is 357 Å². The Bertz CT molecular complexity index is 2670. The van der Waals surface area contributed by atoms with Crippen LogP contribution in [0.5, 0.6) is 0 Å². The summed E-state index contributed by atoms with van der Waals surface area (Å²) in [5.74, 6) is -3.09. The number of ether oxygens (including phenoxy) is 4. The number of carbonyl (C=O) groups is 4. The van der Waals surface area contributed by atoms with Gasteiger partial charge < -0.3 is 28.1 Å². The Hall–Kier alpha value is -3.64. The first kappa shape index (κ1) is 105. The molecule has 0 fully saturated rings. The molecule has 0 bridgehead atoms. The van der Waals surface area contributed by atoms with Gasteiger partial charge in [0.15, 0.2) is 0 Å². The second-order valence-corrected chi connectivity index (χ2v) is 32.9. The van der Waals surface area contributed by atoms with Gasteiger partial charge in [0.2, 0.25) is 0 Å². The molecular formula is C92H154CaO14S2. The molecule has 0 atom stereocenters. The van der Waals surface area contributed by atoms with E-state index in [0.717, 1.165) is 88.5 Å². The number of hydrogen-bond donors (Lipinski definition) is 0. The van der Waals surface area contributed by atoms with Crippen molar-refractivity contribution in [1.29, 1.82) is 0 Å². The topological polar surface area (TPSA) is 220 Å². The summed E-state index contributed by atoms with van der Waals surface area (Å²) in [6, 6.07) is 6.28. The van der Waals surface area contributed by atoms with Crippen molar-refractivity contribution in [2.45, 2.75) is 423 Å². The second kappa shape index (κ2) is 77.0. The van der Waals surface area contributed by atoms with Crippen LogP contribution in [0.1, 0.15) is 454 Å². The van der Waals surface area contributed by atoms with E-state index in [1.165, 1.54) is 307 Å². The van der Waals surface area contributed by atoms with Gasteiger partial charge in [-0.3, -0.25) is 0 Å². The molecule has 0 saturated heterocycles. The van der Waals surface area contributed by atoms with Crippen LogP contribution >= 0.6 is 0 Å². The number of benzene rings is 2. The summed E-state index contributed by atoms with van der Waals surface area (Å²) in [7, 11) is -9.63. The SMILES string of the molecule is C/C=C/CCCCCCCCCCCCCCCCOC(=O)c1ccc(S(=O)(=O)[O-])cc1C(=O)OCCCCCCCCCCCCCCCC/C=C/C.C/C=C/CCCCCCCCCCCCCCCCOC(=O)c1ccc(S(=O)(=O)[O-])cc1C(=O)OCCCCCCCCCCCCCCCC/C=C/C.[Ca+2]. The Morgan fingerprint density at radius 2 is 0.394 bits per heavy atom. The van der Waals surface area contributed by atoms with Crippen molar-refractivity contribution in [3.63, 3.8) is 0 Å². The molecule has 2 aromatic carbocycles. The number of hydrogen-bond acceptors (Lipinski definition) is 14. The molecule has 0 spiro atoms. The first-order valence-corrected chi connectivity index (χ1v) is 46.8. The number of allylic oxidation sites excluding steroid dienone is 8. The average Bonchev–Trinajstić information content (AvgIpc) is 0.815. The van der Waals surface area contributed by atoms with Gasteiger partial charge in [-0.05, 0) is 141 Å². The quantitative estimate of drug-likeness (QED) is 0.0150. The van der Waals surface area contributed by atoms with Crippen LogP contribution in [0.4, 0.5) is 0 Å². The van der Waals surface area contributed by atoms with Gasteiger partial charge in [0, 0.05) is 0 Å². The zero-order valence-electron chi connectivity index (χ0n) is 69.6. The molecule has 0 aliphatic heterocycles. The minimum Gasteiger partial charge on any atom is -0.744 e. The third kappa shape index (κ3) is 64.3. The Morgan fingerprint density at radius 3 is 0.550 bits per heavy atom. The molecule has 2 aromatic rings. The van der Waals surface area contributed by atoms with Gasteiger partial charge >= 0.3 is 61.6 Å². The first-order chi connectivity index (χ1) is 52.6. The van der Waals surface area contributed by atoms with Gasteiger partial charge in [-0.2, -0.15) is 0 Å². The molecular weight excluding hydrogens is 1430 g/mol. The molecule has 0 saturated carbocycles. The van der Waals surface area contributed by atoms with E-state index in [1.54, 1.807) is 0 Å². The molecule has 0 aliphatic rings. The summed E-state index contributed by atoms with van der Waals surface area (Å²) in [5, 5.41) is 0. The summed E-state index contributed by atoms with van der Waals surface area (Å²) in [5.41, 5.74) is -0.670. The van der Waals surface area contributed by atoms with Crippen LogP contribution in [0.2, 0.25) is 0 Å². The maximum Gasteiger partial charge on any atom is 2.00 e. The Balaban J connectivity index is 0.00000212. The van der Waals surface area contributed by atoms with Gasteiger partial charge in [-0.25, -0.2) is 36.0 Å². The van der Waals surface area contributed by atoms with Crippen LogP contribution in [-0.2, 0) is 39.2 Å². The van der Waals surface area contributed by atoms with E-state index < -0.39 is 53.9 Å². The van der Waals surface area contributed by atoms with Gasteiger partial charge in [0.1, 0.15) is 20.2 Å². The molecule has 0 aromatic heterocycles. The summed E-state index contributed by atoms with van der Waals surface area (Å²) in [6.45, 7) is 9.07. The normalized spacial score (nSPS) is 11.8. The average molecular weight is 1590 g/mol. The third-order valence-corrected chi connectivity index (χ3v) is 22.0. The van der Waals surface area contributed by atoms with Gasteiger partial charge in [0.25, 0.3) is 0 Å². The fourth-order valence-electron chi connectivity index (χ4n) is 13.6. The molecule has 14 nitrogen and oxygen atoms in total. The molecule has 0 amide bonds. The third-order valence-electron chi connectivity index (χ3n) is 20.4. The van der Waals surface area contributed by atoms with E-state index in [9.17, 15) is 45.1 Å². The van der Waals surface area contributed by atoms with Crippen LogP contribution in [0.25, 0.3) is 0 Å². The Kier molecular flexibility index (Phi) is 74.4. The summed E-state index contributed by atoms with van der Waals surface area (Å²) in [4.78, 5) is 50.5. The van der Waals surface area contributed by atoms with Crippen molar-refractivity contribution in [1.82, 2.24) is 0 Å². The van der Waals surface area contributed by atoms with Crippen molar-refractivity contribution in [3.8, 4) is 0 Å². The van der Waals surface area contributed by atoms with Crippen molar-refractivity contribution < 1.29 is 64.1 Å². The summed E-state index contributed by atoms with van der Waals surface area (Å²) >= 11 is 0. The van der Waals surface area contributed by atoms with Gasteiger partial charge in [-0.15, -0.1) is 0 Å². The van der Waals surface area contributed by atoms with Crippen LogP contribution in [-0.4, -0.2) is 114 Å². The van der Waals surface area contributed by atoms with Crippen LogP contribution in [0, 0.1) is 0 Å². The molecule has 0 aliphatic carbocycles. The number of rotatable bonds is 74. The standard InChI is InChI=1S/2C46H78O7S.Ca/c2*1-3-5-7-9-11-13-15-17-19-21-23-25-27-29-31-33-35-39-52-45(47)43-38-37-42(54(49,50)51)41-44(43)46(48)53-40-36-34-32-30-28-26-24-22-20-18-16-14-12-10-8-6-4-2;/h2*3-6,37-38,41H,7-36,39-40H2,1-2H3,(H,49,50,51);/q;;+2/p-2/b2*5-3+,6-4+;. The van der Waals surface area contributed by atoms with Crippen LogP contribution < -0.4 is 0 Å². The maximum atomic E-state index is 12.9. The van der Waals surface area contributed by atoms with Crippen molar-refractivity contribution in [2.24, 2.45) is 0 Å². The minimum absolute atomic E-state index is 0. The largest absolute Gasteiger partial charge is 2.00 e. The van der Waals surface area contributed by atoms with E-state index in [-0.39, 0.29) is 86.4 Å². The molecule has 2 rings (SSSR count). The fraction of sp³-hybridized carbons (Fsp3) is 0.739. The van der Waals surface area contributed by atoms with E-state index in [1.807, 2.05) is 0 Å². The molecule has 0 N–H and O–H groups in total. The Morgan fingerprint density at radius 1 is 0.248 bits per heavy atom.